The molecule has 1 heterocycles. The van der Waals surface area contributed by atoms with Crippen LogP contribution < -0.4 is 5.32 Å². The summed E-state index contributed by atoms with van der Waals surface area (Å²) < 4.78 is 13.7. The lowest BCUT2D eigenvalue weighted by atomic mass is 10.2. The number of fused-ring (bicyclic) bond motifs is 1. The van der Waals surface area contributed by atoms with E-state index < -0.39 is 0 Å². The summed E-state index contributed by atoms with van der Waals surface area (Å²) in [5, 5.41) is 12.0. The van der Waals surface area contributed by atoms with Crippen molar-refractivity contribution in [1.82, 2.24) is 5.32 Å². The Hall–Kier alpha value is -1.46. The molecule has 1 amide bonds. The number of carbonyl (C=O) groups excluding carboxylic acids is 1. The molecule has 16 heavy (non-hydrogen) atoms. The number of hydrogen-bond acceptors (Lipinski definition) is 3. The van der Waals surface area contributed by atoms with Crippen molar-refractivity contribution in [2.45, 2.75) is 0 Å². The van der Waals surface area contributed by atoms with Gasteiger partial charge in [0, 0.05) is 11.2 Å². The largest absolute Gasteiger partial charge is 0.395 e. The number of thiophene rings is 1. The number of aliphatic hydroxyl groups excluding tert-OH is 1. The average Bonchev–Trinajstić information content (AvgIpc) is 2.68. The Morgan fingerprint density at radius 3 is 3.00 bits per heavy atom. The first-order valence-corrected chi connectivity index (χ1v) is 5.60. The van der Waals surface area contributed by atoms with Crippen LogP contribution in [0, 0.1) is 5.82 Å². The quantitative estimate of drug-likeness (QED) is 0.857. The standard InChI is InChI=1S/C11H10FNO2S/c12-8-2-1-7-5-10(16-9(7)6-8)11(15)13-3-4-14/h1-2,5-6,14H,3-4H2,(H,13,15). The van der Waals surface area contributed by atoms with E-state index in [2.05, 4.69) is 5.32 Å². The molecule has 5 heteroatoms. The van der Waals surface area contributed by atoms with Gasteiger partial charge in [-0.05, 0) is 23.6 Å². The normalized spacial score (nSPS) is 10.6. The van der Waals surface area contributed by atoms with Gasteiger partial charge in [-0.1, -0.05) is 6.07 Å². The summed E-state index contributed by atoms with van der Waals surface area (Å²) in [5.41, 5.74) is 0. The van der Waals surface area contributed by atoms with E-state index in [0.29, 0.717) is 4.88 Å². The number of hydrogen-bond donors (Lipinski definition) is 2. The van der Waals surface area contributed by atoms with E-state index in [-0.39, 0.29) is 24.9 Å². The molecule has 0 saturated carbocycles. The molecular weight excluding hydrogens is 229 g/mol. The second kappa shape index (κ2) is 4.59. The fourth-order valence-corrected chi connectivity index (χ4v) is 2.38. The Balaban J connectivity index is 2.28. The van der Waals surface area contributed by atoms with Gasteiger partial charge in [-0.15, -0.1) is 11.3 Å². The predicted molar refractivity (Wildman–Crippen MR) is 61.2 cm³/mol. The van der Waals surface area contributed by atoms with Gasteiger partial charge in [-0.3, -0.25) is 4.79 Å². The Morgan fingerprint density at radius 1 is 1.44 bits per heavy atom. The van der Waals surface area contributed by atoms with Crippen molar-refractivity contribution in [3.63, 3.8) is 0 Å². The van der Waals surface area contributed by atoms with Crippen molar-refractivity contribution in [1.29, 1.82) is 0 Å². The molecule has 0 aliphatic heterocycles. The minimum atomic E-state index is -0.309. The molecular formula is C11H10FNO2S. The van der Waals surface area contributed by atoms with E-state index in [1.807, 2.05) is 0 Å². The highest BCUT2D eigenvalue weighted by molar-refractivity contribution is 7.20. The summed E-state index contributed by atoms with van der Waals surface area (Å²) in [6.07, 6.45) is 0. The van der Waals surface area contributed by atoms with Crippen LogP contribution in [0.3, 0.4) is 0 Å². The molecule has 0 saturated heterocycles. The van der Waals surface area contributed by atoms with Crippen molar-refractivity contribution < 1.29 is 14.3 Å². The number of rotatable bonds is 3. The Bertz CT molecular complexity index is 524. The lowest BCUT2D eigenvalue weighted by Gasteiger charge is -1.98. The van der Waals surface area contributed by atoms with Crippen LogP contribution in [0.15, 0.2) is 24.3 Å². The van der Waals surface area contributed by atoms with E-state index in [4.69, 9.17) is 5.11 Å². The summed E-state index contributed by atoms with van der Waals surface area (Å²) in [5.74, 6) is -0.549. The smallest absolute Gasteiger partial charge is 0.261 e. The lowest BCUT2D eigenvalue weighted by Crippen LogP contribution is -2.25. The van der Waals surface area contributed by atoms with Crippen LogP contribution in [0.25, 0.3) is 10.1 Å². The van der Waals surface area contributed by atoms with E-state index in [9.17, 15) is 9.18 Å². The fourth-order valence-electron chi connectivity index (χ4n) is 1.37. The number of aliphatic hydroxyl groups is 1. The molecule has 1 aromatic carbocycles. The molecule has 0 atom stereocenters. The zero-order valence-corrected chi connectivity index (χ0v) is 9.18. The fraction of sp³-hybridized carbons (Fsp3) is 0.182. The molecule has 0 unspecified atom stereocenters. The maximum atomic E-state index is 12.9. The monoisotopic (exact) mass is 239 g/mol. The van der Waals surface area contributed by atoms with E-state index in [1.165, 1.54) is 23.5 Å². The predicted octanol–water partition coefficient (Wildman–Crippen LogP) is 1.76. The van der Waals surface area contributed by atoms with Gasteiger partial charge in [-0.2, -0.15) is 0 Å². The SMILES string of the molecule is O=C(NCCO)c1cc2ccc(F)cc2s1. The van der Waals surface area contributed by atoms with Crippen LogP contribution in [0.2, 0.25) is 0 Å². The minimum absolute atomic E-state index is 0.0920. The van der Waals surface area contributed by atoms with Gasteiger partial charge in [0.25, 0.3) is 5.91 Å². The molecule has 0 aliphatic carbocycles. The first-order valence-electron chi connectivity index (χ1n) is 4.79. The minimum Gasteiger partial charge on any atom is -0.395 e. The highest BCUT2D eigenvalue weighted by Gasteiger charge is 2.09. The first kappa shape index (κ1) is 11.0. The van der Waals surface area contributed by atoms with Gasteiger partial charge in [-0.25, -0.2) is 4.39 Å². The molecule has 1 aromatic heterocycles. The van der Waals surface area contributed by atoms with Crippen molar-refractivity contribution in [2.24, 2.45) is 0 Å². The van der Waals surface area contributed by atoms with Gasteiger partial charge >= 0.3 is 0 Å². The highest BCUT2D eigenvalue weighted by Crippen LogP contribution is 2.26. The molecule has 2 rings (SSSR count). The second-order valence-electron chi connectivity index (χ2n) is 3.27. The van der Waals surface area contributed by atoms with Crippen LogP contribution in [0.5, 0.6) is 0 Å². The molecule has 2 aromatic rings. The Labute approximate surface area is 95.5 Å². The summed E-state index contributed by atoms with van der Waals surface area (Å²) in [4.78, 5) is 12.1. The van der Waals surface area contributed by atoms with Crippen molar-refractivity contribution in [2.75, 3.05) is 13.2 Å². The van der Waals surface area contributed by atoms with Crippen molar-refractivity contribution in [3.05, 3.63) is 35.0 Å². The summed E-state index contributed by atoms with van der Waals surface area (Å²) in [6.45, 7) is 0.132. The van der Waals surface area contributed by atoms with Gasteiger partial charge < -0.3 is 10.4 Å². The van der Waals surface area contributed by atoms with Crippen molar-refractivity contribution in [3.8, 4) is 0 Å². The summed E-state index contributed by atoms with van der Waals surface area (Å²) in [7, 11) is 0. The third kappa shape index (κ3) is 2.20. The Kier molecular flexibility index (Phi) is 3.17. The topological polar surface area (TPSA) is 49.3 Å². The molecule has 0 bridgehead atoms. The summed E-state index contributed by atoms with van der Waals surface area (Å²) >= 11 is 1.24. The highest BCUT2D eigenvalue weighted by atomic mass is 32.1. The van der Waals surface area contributed by atoms with Gasteiger partial charge in [0.15, 0.2) is 0 Å². The summed E-state index contributed by atoms with van der Waals surface area (Å²) in [6, 6.07) is 6.13. The number of amides is 1. The van der Waals surface area contributed by atoms with E-state index in [1.54, 1.807) is 12.1 Å². The van der Waals surface area contributed by atoms with Crippen molar-refractivity contribution >= 4 is 27.3 Å². The maximum absolute atomic E-state index is 12.9. The number of benzene rings is 1. The van der Waals surface area contributed by atoms with Crippen LogP contribution >= 0.6 is 11.3 Å². The Morgan fingerprint density at radius 2 is 2.25 bits per heavy atom. The van der Waals surface area contributed by atoms with Gasteiger partial charge in [0.1, 0.15) is 5.82 Å². The maximum Gasteiger partial charge on any atom is 0.261 e. The third-order valence-electron chi connectivity index (χ3n) is 2.10. The zero-order valence-electron chi connectivity index (χ0n) is 8.37. The van der Waals surface area contributed by atoms with Gasteiger partial charge in [0.05, 0.1) is 11.5 Å². The molecule has 3 nitrogen and oxygen atoms in total. The lowest BCUT2D eigenvalue weighted by molar-refractivity contribution is 0.0949. The second-order valence-corrected chi connectivity index (χ2v) is 4.36. The van der Waals surface area contributed by atoms with Crippen LogP contribution in [0.1, 0.15) is 9.67 Å². The third-order valence-corrected chi connectivity index (χ3v) is 3.20. The number of carbonyl (C=O) groups is 1. The van der Waals surface area contributed by atoms with E-state index >= 15 is 0 Å². The molecule has 0 aliphatic rings. The molecule has 84 valence electrons. The number of halogens is 1. The molecule has 2 N–H and O–H groups in total. The molecule has 0 radical (unpaired) electrons. The van der Waals surface area contributed by atoms with E-state index in [0.717, 1.165) is 10.1 Å². The molecule has 0 spiro atoms. The number of nitrogens with one attached hydrogen (secondary N) is 1. The van der Waals surface area contributed by atoms with Crippen LogP contribution in [0.4, 0.5) is 4.39 Å². The molecule has 0 fully saturated rings. The average molecular weight is 239 g/mol. The van der Waals surface area contributed by atoms with Gasteiger partial charge in [0.2, 0.25) is 0 Å². The van der Waals surface area contributed by atoms with Crippen LogP contribution in [-0.2, 0) is 0 Å². The zero-order chi connectivity index (χ0) is 11.5. The first-order chi connectivity index (χ1) is 7.70. The van der Waals surface area contributed by atoms with Crippen LogP contribution in [-0.4, -0.2) is 24.2 Å².